The monoisotopic (exact) mass is 305 g/mol. The minimum atomic E-state index is -0.0337. The molecule has 0 aliphatic rings. The summed E-state index contributed by atoms with van der Waals surface area (Å²) in [7, 11) is 1.80. The van der Waals surface area contributed by atoms with E-state index in [0.717, 1.165) is 4.47 Å². The summed E-state index contributed by atoms with van der Waals surface area (Å²) < 4.78 is 0.770. The molecule has 0 saturated heterocycles. The quantitative estimate of drug-likeness (QED) is 0.926. The van der Waals surface area contributed by atoms with Crippen molar-refractivity contribution in [3.63, 3.8) is 0 Å². The predicted molar refractivity (Wildman–Crippen MR) is 68.9 cm³/mol. The molecule has 0 aliphatic heterocycles. The maximum absolute atomic E-state index is 11.4. The number of amides is 1. The van der Waals surface area contributed by atoms with Gasteiger partial charge in [0.15, 0.2) is 0 Å². The summed E-state index contributed by atoms with van der Waals surface area (Å²) in [4.78, 5) is 17.3. The molecule has 16 heavy (non-hydrogen) atoms. The Hall–Kier alpha value is -0.810. The minimum absolute atomic E-state index is 0.0337. The Morgan fingerprint density at radius 3 is 2.94 bits per heavy atom. The number of pyridine rings is 1. The number of hydrogen-bond acceptors (Lipinski definition) is 3. The van der Waals surface area contributed by atoms with Gasteiger partial charge in [0.2, 0.25) is 5.91 Å². The van der Waals surface area contributed by atoms with Crippen molar-refractivity contribution in [2.75, 3.05) is 25.0 Å². The van der Waals surface area contributed by atoms with E-state index in [1.54, 1.807) is 24.2 Å². The van der Waals surface area contributed by atoms with Gasteiger partial charge >= 0.3 is 0 Å². The molecule has 0 fully saturated rings. The van der Waals surface area contributed by atoms with Gasteiger partial charge in [-0.3, -0.25) is 4.79 Å². The van der Waals surface area contributed by atoms with Gasteiger partial charge in [0, 0.05) is 19.8 Å². The molecule has 4 nitrogen and oxygen atoms in total. The maximum atomic E-state index is 11.4. The van der Waals surface area contributed by atoms with Gasteiger partial charge in [-0.15, -0.1) is 0 Å². The van der Waals surface area contributed by atoms with Crippen LogP contribution in [0.1, 0.15) is 6.92 Å². The van der Waals surface area contributed by atoms with Crippen LogP contribution in [-0.4, -0.2) is 31.0 Å². The first kappa shape index (κ1) is 13.3. The number of nitrogens with zero attached hydrogens (tertiary/aromatic N) is 2. The van der Waals surface area contributed by atoms with E-state index in [9.17, 15) is 4.79 Å². The molecule has 1 N–H and O–H groups in total. The average molecular weight is 307 g/mol. The van der Waals surface area contributed by atoms with Gasteiger partial charge in [0.25, 0.3) is 0 Å². The Balaban J connectivity index is 2.72. The molecule has 1 aromatic heterocycles. The van der Waals surface area contributed by atoms with E-state index >= 15 is 0 Å². The average Bonchev–Trinajstić information content (AvgIpc) is 2.17. The van der Waals surface area contributed by atoms with Crippen molar-refractivity contribution in [1.29, 1.82) is 0 Å². The van der Waals surface area contributed by atoms with Crippen molar-refractivity contribution < 1.29 is 4.79 Å². The number of anilines is 1. The van der Waals surface area contributed by atoms with Gasteiger partial charge < -0.3 is 10.2 Å². The number of carbonyl (C=O) groups excluding carboxylic acids is 1. The van der Waals surface area contributed by atoms with Crippen LogP contribution in [0.3, 0.4) is 0 Å². The lowest BCUT2D eigenvalue weighted by Gasteiger charge is -2.18. The Morgan fingerprint density at radius 2 is 2.38 bits per heavy atom. The van der Waals surface area contributed by atoms with Gasteiger partial charge in [-0.25, -0.2) is 4.98 Å². The van der Waals surface area contributed by atoms with Crippen molar-refractivity contribution >= 4 is 39.3 Å². The standard InChI is InChI=1S/C10H13BrClN3O/c1-3-13-9(16)6-15(2)10-8(11)4-7(12)5-14-10/h4-5H,3,6H2,1-2H3,(H,13,16). The molecular weight excluding hydrogens is 293 g/mol. The van der Waals surface area contributed by atoms with Crippen LogP contribution in [-0.2, 0) is 4.79 Å². The molecule has 88 valence electrons. The van der Waals surface area contributed by atoms with E-state index in [1.165, 1.54) is 0 Å². The van der Waals surface area contributed by atoms with Crippen molar-refractivity contribution in [3.05, 3.63) is 21.8 Å². The predicted octanol–water partition coefficient (Wildman–Crippen LogP) is 2.07. The lowest BCUT2D eigenvalue weighted by atomic mass is 10.4. The highest BCUT2D eigenvalue weighted by Gasteiger charge is 2.11. The van der Waals surface area contributed by atoms with Gasteiger partial charge in [-0.05, 0) is 28.9 Å². The molecule has 6 heteroatoms. The fraction of sp³-hybridized carbons (Fsp3) is 0.400. The largest absolute Gasteiger partial charge is 0.355 e. The number of carbonyl (C=O) groups is 1. The Labute approximate surface area is 108 Å². The number of halogens is 2. The SMILES string of the molecule is CCNC(=O)CN(C)c1ncc(Cl)cc1Br. The second-order valence-electron chi connectivity index (χ2n) is 3.27. The molecule has 0 spiro atoms. The minimum Gasteiger partial charge on any atom is -0.355 e. The zero-order valence-electron chi connectivity index (χ0n) is 9.13. The molecule has 1 rings (SSSR count). The van der Waals surface area contributed by atoms with Gasteiger partial charge in [-0.2, -0.15) is 0 Å². The summed E-state index contributed by atoms with van der Waals surface area (Å²) in [5, 5.41) is 3.28. The van der Waals surface area contributed by atoms with Gasteiger partial charge in [0.05, 0.1) is 16.0 Å². The van der Waals surface area contributed by atoms with E-state index in [1.807, 2.05) is 6.92 Å². The summed E-state index contributed by atoms with van der Waals surface area (Å²) in [6.07, 6.45) is 1.55. The number of nitrogens with one attached hydrogen (secondary N) is 1. The van der Waals surface area contributed by atoms with Crippen LogP contribution in [0.15, 0.2) is 16.7 Å². The Morgan fingerprint density at radius 1 is 1.69 bits per heavy atom. The van der Waals surface area contributed by atoms with Crippen molar-refractivity contribution in [3.8, 4) is 0 Å². The van der Waals surface area contributed by atoms with Crippen LogP contribution >= 0.6 is 27.5 Å². The lowest BCUT2D eigenvalue weighted by Crippen LogP contribution is -2.35. The molecule has 0 atom stereocenters. The number of likely N-dealkylation sites (N-methyl/N-ethyl adjacent to an activating group) is 2. The summed E-state index contributed by atoms with van der Waals surface area (Å²) in [5.74, 6) is 0.657. The number of rotatable bonds is 4. The normalized spacial score (nSPS) is 10.0. The topological polar surface area (TPSA) is 45.2 Å². The fourth-order valence-corrected chi connectivity index (χ4v) is 2.17. The third-order valence-electron chi connectivity index (χ3n) is 1.90. The Bertz CT molecular complexity index is 386. The van der Waals surface area contributed by atoms with Crippen LogP contribution in [0.4, 0.5) is 5.82 Å². The van der Waals surface area contributed by atoms with Crippen LogP contribution in [0, 0.1) is 0 Å². The third kappa shape index (κ3) is 3.64. The second-order valence-corrected chi connectivity index (χ2v) is 4.56. The maximum Gasteiger partial charge on any atom is 0.239 e. The lowest BCUT2D eigenvalue weighted by molar-refractivity contribution is -0.119. The Kier molecular flexibility index (Phi) is 5.02. The zero-order chi connectivity index (χ0) is 12.1. The highest BCUT2D eigenvalue weighted by atomic mass is 79.9. The number of aromatic nitrogens is 1. The first-order valence-corrected chi connectivity index (χ1v) is 6.00. The van der Waals surface area contributed by atoms with Crippen molar-refractivity contribution in [2.24, 2.45) is 0 Å². The molecule has 0 aromatic carbocycles. The molecule has 1 aromatic rings. The van der Waals surface area contributed by atoms with Gasteiger partial charge in [0.1, 0.15) is 5.82 Å². The molecular formula is C10H13BrClN3O. The van der Waals surface area contributed by atoms with Crippen LogP contribution < -0.4 is 10.2 Å². The highest BCUT2D eigenvalue weighted by Crippen LogP contribution is 2.25. The molecule has 0 unspecified atom stereocenters. The van der Waals surface area contributed by atoms with E-state index < -0.39 is 0 Å². The second kappa shape index (κ2) is 6.06. The van der Waals surface area contributed by atoms with E-state index in [0.29, 0.717) is 17.4 Å². The smallest absolute Gasteiger partial charge is 0.239 e. The molecule has 1 heterocycles. The zero-order valence-corrected chi connectivity index (χ0v) is 11.5. The molecule has 0 aliphatic carbocycles. The van der Waals surface area contributed by atoms with Crippen LogP contribution in [0.2, 0.25) is 5.02 Å². The fourth-order valence-electron chi connectivity index (χ4n) is 1.23. The third-order valence-corrected chi connectivity index (χ3v) is 2.69. The first-order chi connectivity index (χ1) is 7.54. The summed E-state index contributed by atoms with van der Waals surface area (Å²) >= 11 is 9.14. The van der Waals surface area contributed by atoms with E-state index in [2.05, 4.69) is 26.2 Å². The van der Waals surface area contributed by atoms with Crippen LogP contribution in [0.25, 0.3) is 0 Å². The van der Waals surface area contributed by atoms with Gasteiger partial charge in [-0.1, -0.05) is 11.6 Å². The van der Waals surface area contributed by atoms with E-state index in [4.69, 9.17) is 11.6 Å². The summed E-state index contributed by atoms with van der Waals surface area (Å²) in [6.45, 7) is 2.78. The molecule has 0 radical (unpaired) electrons. The van der Waals surface area contributed by atoms with E-state index in [-0.39, 0.29) is 12.5 Å². The molecule has 0 saturated carbocycles. The molecule has 0 bridgehead atoms. The summed E-state index contributed by atoms with van der Waals surface area (Å²) in [6, 6.07) is 1.75. The summed E-state index contributed by atoms with van der Waals surface area (Å²) in [5.41, 5.74) is 0. The molecule has 1 amide bonds. The van der Waals surface area contributed by atoms with Crippen LogP contribution in [0.5, 0.6) is 0 Å². The van der Waals surface area contributed by atoms with Crippen molar-refractivity contribution in [1.82, 2.24) is 10.3 Å². The number of hydrogen-bond donors (Lipinski definition) is 1. The van der Waals surface area contributed by atoms with Crippen molar-refractivity contribution in [2.45, 2.75) is 6.92 Å². The highest BCUT2D eigenvalue weighted by molar-refractivity contribution is 9.10. The first-order valence-electron chi connectivity index (χ1n) is 4.83.